The molecule has 0 saturated heterocycles. The molecule has 0 radical (unpaired) electrons. The lowest BCUT2D eigenvalue weighted by atomic mass is 9.92. The van der Waals surface area contributed by atoms with Crippen molar-refractivity contribution in [2.45, 2.75) is 43.9 Å². The van der Waals surface area contributed by atoms with E-state index < -0.39 is 11.7 Å². The molecular formula is C18H18ClF3N6. The quantitative estimate of drug-likeness (QED) is 0.678. The van der Waals surface area contributed by atoms with E-state index in [4.69, 9.17) is 17.3 Å². The number of hydrogen-bond acceptors (Lipinski definition) is 5. The SMILES string of the molecule is NC1CCC(Nc2ncc(Cl)c(-c3cnc4ccc(C(F)(F)F)cn34)n2)CC1. The second kappa shape index (κ2) is 7.21. The number of nitrogens with zero attached hydrogens (tertiary/aromatic N) is 4. The number of hydrogen-bond donors (Lipinski definition) is 2. The van der Waals surface area contributed by atoms with Crippen molar-refractivity contribution in [2.24, 2.45) is 5.73 Å². The molecule has 0 amide bonds. The second-order valence-corrected chi connectivity index (χ2v) is 7.34. The van der Waals surface area contributed by atoms with Crippen LogP contribution in [0.1, 0.15) is 31.2 Å². The molecule has 0 aromatic carbocycles. The van der Waals surface area contributed by atoms with Gasteiger partial charge in [-0.2, -0.15) is 13.2 Å². The minimum absolute atomic E-state index is 0.202. The van der Waals surface area contributed by atoms with Gasteiger partial charge in [0.05, 0.1) is 28.7 Å². The summed E-state index contributed by atoms with van der Waals surface area (Å²) in [4.78, 5) is 12.8. The maximum atomic E-state index is 13.1. The number of anilines is 1. The zero-order valence-electron chi connectivity index (χ0n) is 14.7. The lowest BCUT2D eigenvalue weighted by Crippen LogP contribution is -2.33. The van der Waals surface area contributed by atoms with Crippen LogP contribution < -0.4 is 11.1 Å². The molecule has 3 heterocycles. The molecule has 0 bridgehead atoms. The van der Waals surface area contributed by atoms with E-state index in [1.807, 2.05) is 0 Å². The average molecular weight is 411 g/mol. The maximum absolute atomic E-state index is 13.1. The Morgan fingerprint density at radius 1 is 1.11 bits per heavy atom. The van der Waals surface area contributed by atoms with Gasteiger partial charge >= 0.3 is 6.18 Å². The normalized spacial score (nSPS) is 20.5. The Bertz CT molecular complexity index is 995. The fourth-order valence-corrected chi connectivity index (χ4v) is 3.57. The van der Waals surface area contributed by atoms with Crippen molar-refractivity contribution in [3.8, 4) is 11.4 Å². The molecule has 28 heavy (non-hydrogen) atoms. The second-order valence-electron chi connectivity index (χ2n) is 6.93. The monoisotopic (exact) mass is 410 g/mol. The van der Waals surface area contributed by atoms with Crippen LogP contribution in [-0.2, 0) is 6.18 Å². The van der Waals surface area contributed by atoms with E-state index in [0.717, 1.165) is 37.9 Å². The number of alkyl halides is 3. The van der Waals surface area contributed by atoms with Gasteiger partial charge in [0.15, 0.2) is 0 Å². The molecule has 3 aromatic heterocycles. The molecule has 1 saturated carbocycles. The fraction of sp³-hybridized carbons (Fsp3) is 0.389. The van der Waals surface area contributed by atoms with E-state index in [1.165, 1.54) is 22.9 Å². The predicted molar refractivity (Wildman–Crippen MR) is 100 cm³/mol. The minimum atomic E-state index is -4.46. The van der Waals surface area contributed by atoms with Gasteiger partial charge in [-0.05, 0) is 37.8 Å². The van der Waals surface area contributed by atoms with Gasteiger partial charge in [-0.25, -0.2) is 15.0 Å². The van der Waals surface area contributed by atoms with Crippen LogP contribution in [0.3, 0.4) is 0 Å². The van der Waals surface area contributed by atoms with Gasteiger partial charge in [-0.15, -0.1) is 0 Å². The third-order valence-corrected chi connectivity index (χ3v) is 5.20. The molecule has 6 nitrogen and oxygen atoms in total. The topological polar surface area (TPSA) is 81.1 Å². The number of halogens is 4. The summed E-state index contributed by atoms with van der Waals surface area (Å²) in [6, 6.07) is 2.73. The molecule has 1 fully saturated rings. The van der Waals surface area contributed by atoms with E-state index >= 15 is 0 Å². The summed E-state index contributed by atoms with van der Waals surface area (Å²) in [7, 11) is 0. The Morgan fingerprint density at radius 2 is 1.86 bits per heavy atom. The molecule has 148 valence electrons. The predicted octanol–water partition coefficient (Wildman–Crippen LogP) is 4.15. The Kier molecular flexibility index (Phi) is 4.88. The highest BCUT2D eigenvalue weighted by molar-refractivity contribution is 6.32. The molecule has 3 aromatic rings. The van der Waals surface area contributed by atoms with Gasteiger partial charge in [0.2, 0.25) is 5.95 Å². The molecule has 0 spiro atoms. The van der Waals surface area contributed by atoms with Crippen molar-refractivity contribution in [2.75, 3.05) is 5.32 Å². The first-order chi connectivity index (χ1) is 13.3. The van der Waals surface area contributed by atoms with Gasteiger partial charge in [-0.3, -0.25) is 4.40 Å². The van der Waals surface area contributed by atoms with Crippen LogP contribution in [0.25, 0.3) is 17.0 Å². The van der Waals surface area contributed by atoms with E-state index in [1.54, 1.807) is 0 Å². The van der Waals surface area contributed by atoms with E-state index in [0.29, 0.717) is 23.0 Å². The summed E-state index contributed by atoms with van der Waals surface area (Å²) < 4.78 is 40.6. The first-order valence-electron chi connectivity index (χ1n) is 8.90. The number of nitrogens with two attached hydrogens (primary N) is 1. The van der Waals surface area contributed by atoms with Crippen LogP contribution in [0.5, 0.6) is 0 Å². The van der Waals surface area contributed by atoms with Gasteiger partial charge in [0.25, 0.3) is 0 Å². The lowest BCUT2D eigenvalue weighted by molar-refractivity contribution is -0.137. The summed E-state index contributed by atoms with van der Waals surface area (Å²) in [5, 5.41) is 3.50. The lowest BCUT2D eigenvalue weighted by Gasteiger charge is -2.26. The van der Waals surface area contributed by atoms with Crippen molar-refractivity contribution in [1.29, 1.82) is 0 Å². The van der Waals surface area contributed by atoms with E-state index in [2.05, 4.69) is 20.3 Å². The molecule has 1 aliphatic rings. The number of fused-ring (bicyclic) bond motifs is 1. The summed E-state index contributed by atoms with van der Waals surface area (Å²) in [5.74, 6) is 0.377. The Labute approximate surface area is 164 Å². The van der Waals surface area contributed by atoms with Crippen molar-refractivity contribution >= 4 is 23.2 Å². The highest BCUT2D eigenvalue weighted by Crippen LogP contribution is 2.32. The molecule has 3 N–H and O–H groups in total. The van der Waals surface area contributed by atoms with Gasteiger partial charge in [0, 0.05) is 18.3 Å². The minimum Gasteiger partial charge on any atom is -0.351 e. The summed E-state index contributed by atoms with van der Waals surface area (Å²) >= 11 is 6.25. The first kappa shape index (κ1) is 18.9. The first-order valence-corrected chi connectivity index (χ1v) is 9.28. The molecule has 0 aliphatic heterocycles. The number of aromatic nitrogens is 4. The molecule has 0 unspecified atom stereocenters. The van der Waals surface area contributed by atoms with E-state index in [9.17, 15) is 13.2 Å². The third kappa shape index (κ3) is 3.77. The summed E-state index contributed by atoms with van der Waals surface area (Å²) in [5.41, 5.74) is 6.20. The van der Waals surface area contributed by atoms with Crippen LogP contribution >= 0.6 is 11.6 Å². The number of imidazole rings is 1. The highest BCUT2D eigenvalue weighted by atomic mass is 35.5. The molecule has 10 heteroatoms. The van der Waals surface area contributed by atoms with Crippen LogP contribution in [0.2, 0.25) is 5.02 Å². The summed E-state index contributed by atoms with van der Waals surface area (Å²) in [6.45, 7) is 0. The molecule has 1 aliphatic carbocycles. The fourth-order valence-electron chi connectivity index (χ4n) is 3.39. The smallest absolute Gasteiger partial charge is 0.351 e. The Morgan fingerprint density at radius 3 is 2.57 bits per heavy atom. The van der Waals surface area contributed by atoms with Gasteiger partial charge in [0.1, 0.15) is 11.3 Å². The Balaban J connectivity index is 1.69. The summed E-state index contributed by atoms with van der Waals surface area (Å²) in [6.07, 6.45) is 3.09. The molecule has 4 rings (SSSR count). The number of nitrogens with one attached hydrogen (secondary N) is 1. The maximum Gasteiger partial charge on any atom is 0.417 e. The average Bonchev–Trinajstić information content (AvgIpc) is 3.07. The van der Waals surface area contributed by atoms with Crippen molar-refractivity contribution < 1.29 is 13.2 Å². The van der Waals surface area contributed by atoms with Gasteiger partial charge in [-0.1, -0.05) is 11.6 Å². The standard InChI is InChI=1S/C18H18ClF3N6/c19-13-7-25-17(26-12-4-2-11(23)3-5-12)27-16(13)14-8-24-15-6-1-10(9-28(14)15)18(20,21)22/h1,6-9,11-12H,2-5,23H2,(H,25,26,27). The van der Waals surface area contributed by atoms with E-state index in [-0.39, 0.29) is 17.1 Å². The zero-order chi connectivity index (χ0) is 19.9. The highest BCUT2D eigenvalue weighted by Gasteiger charge is 2.31. The number of rotatable bonds is 3. The van der Waals surface area contributed by atoms with Crippen LogP contribution in [0, 0.1) is 0 Å². The van der Waals surface area contributed by atoms with Crippen LogP contribution in [-0.4, -0.2) is 31.4 Å². The molecular weight excluding hydrogens is 393 g/mol. The van der Waals surface area contributed by atoms with Crippen LogP contribution in [0.4, 0.5) is 19.1 Å². The largest absolute Gasteiger partial charge is 0.417 e. The van der Waals surface area contributed by atoms with Crippen molar-refractivity contribution in [3.63, 3.8) is 0 Å². The zero-order valence-corrected chi connectivity index (χ0v) is 15.5. The van der Waals surface area contributed by atoms with Gasteiger partial charge < -0.3 is 11.1 Å². The third-order valence-electron chi connectivity index (χ3n) is 4.92. The molecule has 0 atom stereocenters. The van der Waals surface area contributed by atoms with Crippen molar-refractivity contribution in [3.05, 3.63) is 41.3 Å². The van der Waals surface area contributed by atoms with Crippen LogP contribution in [0.15, 0.2) is 30.7 Å². The Hall–Kier alpha value is -2.39. The van der Waals surface area contributed by atoms with Crippen molar-refractivity contribution in [1.82, 2.24) is 19.4 Å². The number of pyridine rings is 1.